The minimum atomic E-state index is -3.88. The van der Waals surface area contributed by atoms with E-state index in [0.717, 1.165) is 17.8 Å². The number of halogens is 1. The Kier molecular flexibility index (Phi) is 4.84. The van der Waals surface area contributed by atoms with Gasteiger partial charge in [-0.1, -0.05) is 12.1 Å². The zero-order chi connectivity index (χ0) is 21.1. The van der Waals surface area contributed by atoms with Crippen LogP contribution >= 0.6 is 15.9 Å². The third-order valence-electron chi connectivity index (χ3n) is 7.30. The molecule has 3 N–H and O–H groups in total. The number of anilines is 1. The van der Waals surface area contributed by atoms with E-state index in [1.54, 1.807) is 0 Å². The number of hydrogen-bond acceptors (Lipinski definition) is 3. The fraction of sp³-hybridized carbons (Fsp3) is 0.435. The van der Waals surface area contributed by atoms with Crippen LogP contribution in [0.4, 0.5) is 5.69 Å². The van der Waals surface area contributed by atoms with Crippen molar-refractivity contribution in [1.29, 1.82) is 0 Å². The molecular weight excluding hydrogens is 464 g/mol. The van der Waals surface area contributed by atoms with E-state index in [9.17, 15) is 13.2 Å². The van der Waals surface area contributed by atoms with Crippen molar-refractivity contribution in [1.82, 2.24) is 0 Å². The molecule has 7 heteroatoms. The van der Waals surface area contributed by atoms with Gasteiger partial charge in [-0.15, -0.1) is 0 Å². The van der Waals surface area contributed by atoms with Crippen molar-refractivity contribution >= 4 is 37.5 Å². The first kappa shape index (κ1) is 20.2. The van der Waals surface area contributed by atoms with Crippen molar-refractivity contribution < 1.29 is 13.2 Å². The number of carbonyl (C=O) groups excluding carboxylic acids is 1. The summed E-state index contributed by atoms with van der Waals surface area (Å²) < 4.78 is 23.7. The molecule has 4 fully saturated rings. The van der Waals surface area contributed by atoms with Crippen molar-refractivity contribution in [2.45, 2.75) is 48.8 Å². The van der Waals surface area contributed by atoms with Gasteiger partial charge in [-0.3, -0.25) is 4.79 Å². The van der Waals surface area contributed by atoms with E-state index in [2.05, 4.69) is 33.4 Å². The van der Waals surface area contributed by atoms with Gasteiger partial charge < -0.3 is 5.32 Å². The van der Waals surface area contributed by atoms with Gasteiger partial charge in [0.2, 0.25) is 10.0 Å². The van der Waals surface area contributed by atoms with Crippen LogP contribution in [0, 0.1) is 17.8 Å². The van der Waals surface area contributed by atoms with E-state index in [4.69, 9.17) is 5.14 Å². The summed E-state index contributed by atoms with van der Waals surface area (Å²) >= 11 is 3.32. The number of sulfonamides is 1. The first-order valence-electron chi connectivity index (χ1n) is 10.5. The van der Waals surface area contributed by atoms with Gasteiger partial charge in [-0.2, -0.15) is 0 Å². The van der Waals surface area contributed by atoms with Crippen LogP contribution in [-0.2, 0) is 15.4 Å². The summed E-state index contributed by atoms with van der Waals surface area (Å²) in [7, 11) is -3.88. The second-order valence-corrected chi connectivity index (χ2v) is 11.8. The fourth-order valence-electron chi connectivity index (χ4n) is 6.43. The number of nitrogens with two attached hydrogens (primary N) is 1. The molecule has 4 aliphatic rings. The lowest BCUT2D eigenvalue weighted by atomic mass is 9.48. The Morgan fingerprint density at radius 3 is 2.07 bits per heavy atom. The third-order valence-corrected chi connectivity index (χ3v) is 8.91. The first-order chi connectivity index (χ1) is 14.2. The molecule has 4 bridgehead atoms. The van der Waals surface area contributed by atoms with Crippen LogP contribution in [0.15, 0.2) is 51.8 Å². The minimum absolute atomic E-state index is 0.0898. The lowest BCUT2D eigenvalue weighted by molar-refractivity contribution is -0.00518. The predicted molar refractivity (Wildman–Crippen MR) is 120 cm³/mol. The summed E-state index contributed by atoms with van der Waals surface area (Å²) in [6.45, 7) is 0. The molecule has 0 aliphatic heterocycles. The Morgan fingerprint density at radius 1 is 0.967 bits per heavy atom. The Balaban J connectivity index is 1.35. The van der Waals surface area contributed by atoms with Crippen molar-refractivity contribution in [3.63, 3.8) is 0 Å². The molecular formula is C23H25BrN2O3S. The second-order valence-electron chi connectivity index (χ2n) is 9.42. The van der Waals surface area contributed by atoms with E-state index >= 15 is 0 Å². The fourth-order valence-corrected chi connectivity index (χ4v) is 7.39. The quantitative estimate of drug-likeness (QED) is 0.646. The van der Waals surface area contributed by atoms with Crippen LogP contribution in [0.3, 0.4) is 0 Å². The highest BCUT2D eigenvalue weighted by atomic mass is 79.9. The van der Waals surface area contributed by atoms with Crippen molar-refractivity contribution in [3.05, 3.63) is 58.1 Å². The van der Waals surface area contributed by atoms with Crippen LogP contribution in [0.25, 0.3) is 0 Å². The number of nitrogens with one attached hydrogen (secondary N) is 1. The van der Waals surface area contributed by atoms with Gasteiger partial charge in [0.05, 0.1) is 10.5 Å². The molecule has 4 aliphatic carbocycles. The molecule has 0 heterocycles. The summed E-state index contributed by atoms with van der Waals surface area (Å²) in [5.41, 5.74) is 2.65. The highest BCUT2D eigenvalue weighted by molar-refractivity contribution is 9.10. The van der Waals surface area contributed by atoms with Gasteiger partial charge in [0.1, 0.15) is 0 Å². The lowest BCUT2D eigenvalue weighted by Crippen LogP contribution is -2.48. The number of benzene rings is 2. The molecule has 0 spiro atoms. The summed E-state index contributed by atoms with van der Waals surface area (Å²) in [4.78, 5) is 12.7. The normalized spacial score (nSPS) is 29.7. The van der Waals surface area contributed by atoms with Gasteiger partial charge >= 0.3 is 0 Å². The van der Waals surface area contributed by atoms with Gasteiger partial charge in [-0.25, -0.2) is 13.6 Å². The molecule has 6 rings (SSSR count). The molecule has 2 aromatic rings. The van der Waals surface area contributed by atoms with Crippen LogP contribution in [-0.4, -0.2) is 14.3 Å². The maximum atomic E-state index is 12.7. The minimum Gasteiger partial charge on any atom is -0.322 e. The number of amides is 1. The Labute approximate surface area is 185 Å². The smallest absolute Gasteiger partial charge is 0.256 e. The number of hydrogen-bond donors (Lipinski definition) is 2. The average molecular weight is 489 g/mol. The molecule has 4 saturated carbocycles. The number of carbonyl (C=O) groups is 1. The molecule has 0 saturated heterocycles. The van der Waals surface area contributed by atoms with Crippen LogP contribution in [0.5, 0.6) is 0 Å². The zero-order valence-electron chi connectivity index (χ0n) is 16.6. The van der Waals surface area contributed by atoms with Gasteiger partial charge in [0.15, 0.2) is 0 Å². The monoisotopic (exact) mass is 488 g/mol. The zero-order valence-corrected chi connectivity index (χ0v) is 19.0. The molecule has 5 nitrogen and oxygen atoms in total. The highest BCUT2D eigenvalue weighted by Crippen LogP contribution is 2.60. The molecule has 2 aromatic carbocycles. The first-order valence-corrected chi connectivity index (χ1v) is 12.8. The highest BCUT2D eigenvalue weighted by Gasteiger charge is 2.51. The van der Waals surface area contributed by atoms with Crippen LogP contribution in [0.2, 0.25) is 0 Å². The topological polar surface area (TPSA) is 89.3 Å². The van der Waals surface area contributed by atoms with Crippen LogP contribution < -0.4 is 10.5 Å². The molecule has 0 atom stereocenters. The summed E-state index contributed by atoms with van der Waals surface area (Å²) in [5.74, 6) is 2.28. The molecule has 0 unspecified atom stereocenters. The third kappa shape index (κ3) is 3.61. The lowest BCUT2D eigenvalue weighted by Gasteiger charge is -2.57. The molecule has 0 aromatic heterocycles. The van der Waals surface area contributed by atoms with E-state index in [0.29, 0.717) is 15.6 Å². The summed E-state index contributed by atoms with van der Waals surface area (Å²) in [6.07, 6.45) is 8.16. The Hall–Kier alpha value is -1.70. The van der Waals surface area contributed by atoms with Crippen LogP contribution in [0.1, 0.15) is 54.4 Å². The van der Waals surface area contributed by atoms with Crippen molar-refractivity contribution in [2.24, 2.45) is 22.9 Å². The number of rotatable bonds is 4. The van der Waals surface area contributed by atoms with Gasteiger partial charge in [0.25, 0.3) is 5.91 Å². The standard InChI is InChI=1S/C23H25BrN2O3S/c24-21-6-5-19(30(25,28)29)10-20(21)22(27)26-18-3-1-17(2-4-18)23-11-14-7-15(12-23)9-16(8-14)13-23/h1-6,10,14-16H,7-9,11-13H2,(H,26,27)(H2,25,28,29). The largest absolute Gasteiger partial charge is 0.322 e. The maximum Gasteiger partial charge on any atom is 0.256 e. The number of primary sulfonamides is 1. The van der Waals surface area contributed by atoms with E-state index in [1.807, 2.05) is 12.1 Å². The van der Waals surface area contributed by atoms with E-state index < -0.39 is 10.0 Å². The average Bonchev–Trinajstić information content (AvgIpc) is 2.67. The van der Waals surface area contributed by atoms with Crippen molar-refractivity contribution in [2.75, 3.05) is 5.32 Å². The second kappa shape index (κ2) is 7.18. The van der Waals surface area contributed by atoms with Gasteiger partial charge in [-0.05, 0) is 114 Å². The molecule has 158 valence electrons. The molecule has 1 amide bonds. The van der Waals surface area contributed by atoms with Crippen molar-refractivity contribution in [3.8, 4) is 0 Å². The Morgan fingerprint density at radius 2 is 1.53 bits per heavy atom. The predicted octanol–water partition coefficient (Wildman–Crippen LogP) is 4.82. The SMILES string of the molecule is NS(=O)(=O)c1ccc(Br)c(C(=O)Nc2ccc(C34CC5CC(CC(C5)C3)C4)cc2)c1. The van der Waals surface area contributed by atoms with E-state index in [-0.39, 0.29) is 16.4 Å². The summed E-state index contributed by atoms with van der Waals surface area (Å²) in [6, 6.07) is 12.4. The summed E-state index contributed by atoms with van der Waals surface area (Å²) in [5, 5.41) is 8.07. The Bertz CT molecular complexity index is 1080. The van der Waals surface area contributed by atoms with E-state index in [1.165, 1.54) is 62.3 Å². The van der Waals surface area contributed by atoms with Gasteiger partial charge in [0, 0.05) is 10.2 Å². The molecule has 0 radical (unpaired) electrons. The molecule has 30 heavy (non-hydrogen) atoms. The maximum absolute atomic E-state index is 12.7.